The number of nitrogens with zero attached hydrogens (tertiary/aromatic N) is 2. The number of nitrogens with two attached hydrogens (primary N) is 1. The smallest absolute Gasteiger partial charge is 0.384 e. The van der Waals surface area contributed by atoms with E-state index in [-0.39, 0.29) is 22.8 Å². The molecular formula is C12H8F3N3O2. The van der Waals surface area contributed by atoms with Gasteiger partial charge in [0.15, 0.2) is 0 Å². The highest BCUT2D eigenvalue weighted by atomic mass is 19.4. The first-order valence-corrected chi connectivity index (χ1v) is 5.37. The molecule has 0 atom stereocenters. The van der Waals surface area contributed by atoms with Crippen LogP contribution in [0, 0.1) is 10.1 Å². The Labute approximate surface area is 111 Å². The number of nitro benzene ring substituents is 1. The Morgan fingerprint density at radius 3 is 2.50 bits per heavy atom. The van der Waals surface area contributed by atoms with Gasteiger partial charge in [0.05, 0.1) is 16.2 Å². The minimum absolute atomic E-state index is 0.0685. The number of nitrogen functional groups attached to an aromatic ring is 1. The quantitative estimate of drug-likeness (QED) is 0.677. The summed E-state index contributed by atoms with van der Waals surface area (Å²) in [4.78, 5) is 13.8. The molecule has 2 N–H and O–H groups in total. The number of benzene rings is 1. The Morgan fingerprint density at radius 2 is 1.90 bits per heavy atom. The Bertz CT molecular complexity index is 671. The van der Waals surface area contributed by atoms with Crippen LogP contribution < -0.4 is 5.73 Å². The average molecular weight is 283 g/mol. The van der Waals surface area contributed by atoms with E-state index in [4.69, 9.17) is 5.73 Å². The number of rotatable bonds is 2. The van der Waals surface area contributed by atoms with E-state index in [9.17, 15) is 23.3 Å². The molecule has 1 heterocycles. The van der Waals surface area contributed by atoms with Gasteiger partial charge in [-0.2, -0.15) is 13.2 Å². The average Bonchev–Trinajstić information content (AvgIpc) is 2.37. The van der Waals surface area contributed by atoms with Crippen molar-refractivity contribution in [1.29, 1.82) is 0 Å². The van der Waals surface area contributed by atoms with E-state index in [2.05, 4.69) is 4.98 Å². The van der Waals surface area contributed by atoms with Gasteiger partial charge in [-0.05, 0) is 12.1 Å². The Hall–Kier alpha value is -2.64. The summed E-state index contributed by atoms with van der Waals surface area (Å²) in [6, 6.07) is 6.68. The molecule has 2 aromatic rings. The Kier molecular flexibility index (Phi) is 3.31. The van der Waals surface area contributed by atoms with Crippen molar-refractivity contribution in [3.05, 3.63) is 52.1 Å². The van der Waals surface area contributed by atoms with Crippen molar-refractivity contribution in [2.45, 2.75) is 6.18 Å². The minimum Gasteiger partial charge on any atom is -0.384 e. The van der Waals surface area contributed by atoms with E-state index in [1.807, 2.05) is 0 Å². The van der Waals surface area contributed by atoms with Crippen molar-refractivity contribution >= 4 is 11.5 Å². The molecule has 0 amide bonds. The maximum Gasteiger partial charge on any atom is 0.416 e. The fourth-order valence-corrected chi connectivity index (χ4v) is 1.64. The van der Waals surface area contributed by atoms with Crippen LogP contribution in [0.1, 0.15) is 5.56 Å². The molecular weight excluding hydrogens is 275 g/mol. The second-order valence-electron chi connectivity index (χ2n) is 3.97. The van der Waals surface area contributed by atoms with E-state index < -0.39 is 16.7 Å². The summed E-state index contributed by atoms with van der Waals surface area (Å²) in [6.07, 6.45) is -4.56. The van der Waals surface area contributed by atoms with Gasteiger partial charge in [-0.15, -0.1) is 0 Å². The van der Waals surface area contributed by atoms with E-state index in [1.165, 1.54) is 18.2 Å². The lowest BCUT2D eigenvalue weighted by Crippen LogP contribution is -2.07. The fraction of sp³-hybridized carbons (Fsp3) is 0.0833. The molecule has 104 valence electrons. The van der Waals surface area contributed by atoms with Gasteiger partial charge in [0.2, 0.25) is 0 Å². The number of aromatic nitrogens is 1. The van der Waals surface area contributed by atoms with Gasteiger partial charge in [0.1, 0.15) is 5.82 Å². The van der Waals surface area contributed by atoms with Crippen LogP contribution in [0.3, 0.4) is 0 Å². The van der Waals surface area contributed by atoms with Crippen LogP contribution in [0.4, 0.5) is 24.7 Å². The number of hydrogen-bond donors (Lipinski definition) is 1. The largest absolute Gasteiger partial charge is 0.416 e. The number of pyridine rings is 1. The van der Waals surface area contributed by atoms with Crippen molar-refractivity contribution in [2.75, 3.05) is 5.73 Å². The SMILES string of the molecule is Nc1cc(C(F)(F)F)cc(-c2cccc([N+](=O)[O-])c2)n1. The molecule has 0 fully saturated rings. The van der Waals surface area contributed by atoms with Gasteiger partial charge >= 0.3 is 6.18 Å². The van der Waals surface area contributed by atoms with E-state index in [0.29, 0.717) is 6.07 Å². The lowest BCUT2D eigenvalue weighted by Gasteiger charge is -2.09. The lowest BCUT2D eigenvalue weighted by molar-refractivity contribution is -0.384. The van der Waals surface area contributed by atoms with Crippen LogP contribution >= 0.6 is 0 Å². The summed E-state index contributed by atoms with van der Waals surface area (Å²) in [6.45, 7) is 0. The molecule has 0 saturated carbocycles. The first-order chi connectivity index (χ1) is 9.27. The van der Waals surface area contributed by atoms with Crippen molar-refractivity contribution in [3.63, 3.8) is 0 Å². The summed E-state index contributed by atoms with van der Waals surface area (Å²) in [5.74, 6) is -0.304. The van der Waals surface area contributed by atoms with E-state index >= 15 is 0 Å². The second-order valence-corrected chi connectivity index (χ2v) is 3.97. The van der Waals surface area contributed by atoms with Crippen LogP contribution in [-0.2, 0) is 6.18 Å². The molecule has 1 aromatic heterocycles. The molecule has 0 radical (unpaired) electrons. The van der Waals surface area contributed by atoms with Crippen LogP contribution in [0.5, 0.6) is 0 Å². The molecule has 8 heteroatoms. The molecule has 0 bridgehead atoms. The lowest BCUT2D eigenvalue weighted by atomic mass is 10.1. The third-order valence-corrected chi connectivity index (χ3v) is 2.53. The second kappa shape index (κ2) is 4.80. The molecule has 5 nitrogen and oxygen atoms in total. The summed E-state index contributed by atoms with van der Waals surface area (Å²) >= 11 is 0. The zero-order chi connectivity index (χ0) is 14.9. The molecule has 0 aliphatic carbocycles. The minimum atomic E-state index is -4.56. The van der Waals surface area contributed by atoms with E-state index in [0.717, 1.165) is 12.1 Å². The first kappa shape index (κ1) is 13.8. The third kappa shape index (κ3) is 2.85. The van der Waals surface area contributed by atoms with Gasteiger partial charge < -0.3 is 5.73 Å². The van der Waals surface area contributed by atoms with Crippen LogP contribution in [0.2, 0.25) is 0 Å². The monoisotopic (exact) mass is 283 g/mol. The molecule has 1 aromatic carbocycles. The number of anilines is 1. The summed E-state index contributed by atoms with van der Waals surface area (Å²) in [7, 11) is 0. The summed E-state index contributed by atoms with van der Waals surface area (Å²) in [5, 5.41) is 10.7. The van der Waals surface area contributed by atoms with Crippen molar-refractivity contribution < 1.29 is 18.1 Å². The maximum atomic E-state index is 12.7. The van der Waals surface area contributed by atoms with Gasteiger partial charge in [0.25, 0.3) is 5.69 Å². The summed E-state index contributed by atoms with van der Waals surface area (Å²) in [5.41, 5.74) is 4.28. The standard InChI is InChI=1S/C12H8F3N3O2/c13-12(14,15)8-5-10(17-11(16)6-8)7-2-1-3-9(4-7)18(19)20/h1-6H,(H2,16,17). The number of nitro groups is 1. The highest BCUT2D eigenvalue weighted by Crippen LogP contribution is 2.33. The molecule has 0 spiro atoms. The fourth-order valence-electron chi connectivity index (χ4n) is 1.64. The number of hydrogen-bond acceptors (Lipinski definition) is 4. The zero-order valence-corrected chi connectivity index (χ0v) is 9.89. The molecule has 0 aliphatic heterocycles. The number of alkyl halides is 3. The van der Waals surface area contributed by atoms with E-state index in [1.54, 1.807) is 0 Å². The van der Waals surface area contributed by atoms with Gasteiger partial charge in [0, 0.05) is 17.7 Å². The topological polar surface area (TPSA) is 82.0 Å². The molecule has 20 heavy (non-hydrogen) atoms. The van der Waals surface area contributed by atoms with Crippen LogP contribution in [0.15, 0.2) is 36.4 Å². The number of halogens is 3. The predicted octanol–water partition coefficient (Wildman–Crippen LogP) is 3.26. The van der Waals surface area contributed by atoms with Gasteiger partial charge in [-0.25, -0.2) is 4.98 Å². The predicted molar refractivity (Wildman–Crippen MR) is 65.7 cm³/mol. The van der Waals surface area contributed by atoms with Crippen LogP contribution in [-0.4, -0.2) is 9.91 Å². The van der Waals surface area contributed by atoms with Crippen molar-refractivity contribution in [3.8, 4) is 11.3 Å². The number of non-ortho nitro benzene ring substituents is 1. The Morgan fingerprint density at radius 1 is 1.20 bits per heavy atom. The van der Waals surface area contributed by atoms with Gasteiger partial charge in [-0.3, -0.25) is 10.1 Å². The van der Waals surface area contributed by atoms with Gasteiger partial charge in [-0.1, -0.05) is 12.1 Å². The highest BCUT2D eigenvalue weighted by molar-refractivity contribution is 5.65. The Balaban J connectivity index is 2.55. The molecule has 2 rings (SSSR count). The van der Waals surface area contributed by atoms with Crippen LogP contribution in [0.25, 0.3) is 11.3 Å². The van der Waals surface area contributed by atoms with Crippen molar-refractivity contribution in [2.24, 2.45) is 0 Å². The normalized spacial score (nSPS) is 11.3. The first-order valence-electron chi connectivity index (χ1n) is 5.37. The summed E-state index contributed by atoms with van der Waals surface area (Å²) < 4.78 is 38.0. The van der Waals surface area contributed by atoms with Crippen molar-refractivity contribution in [1.82, 2.24) is 4.98 Å². The molecule has 0 aliphatic rings. The third-order valence-electron chi connectivity index (χ3n) is 2.53. The zero-order valence-electron chi connectivity index (χ0n) is 9.89. The maximum absolute atomic E-state index is 12.7. The highest BCUT2D eigenvalue weighted by Gasteiger charge is 2.31. The molecule has 0 unspecified atom stereocenters. The molecule has 0 saturated heterocycles.